The average Bonchev–Trinajstić information content (AvgIpc) is 2.28. The van der Waals surface area contributed by atoms with E-state index in [2.05, 4.69) is 64.7 Å². The monoisotopic (exact) mass is 411 g/mol. The minimum atomic E-state index is -1.73. The summed E-state index contributed by atoms with van der Waals surface area (Å²) < 4.78 is 2.26. The van der Waals surface area contributed by atoms with Crippen LogP contribution in [-0.2, 0) is 26.3 Å². The van der Waals surface area contributed by atoms with E-state index in [1.165, 1.54) is 0 Å². The van der Waals surface area contributed by atoms with Crippen molar-refractivity contribution in [3.8, 4) is 5.75 Å². The number of benzene rings is 1. The van der Waals surface area contributed by atoms with Gasteiger partial charge in [0.05, 0.1) is 0 Å². The number of para-hydroxylation sites is 1. The van der Waals surface area contributed by atoms with Crippen LogP contribution in [0.5, 0.6) is 5.75 Å². The van der Waals surface area contributed by atoms with Crippen LogP contribution in [0.25, 0.3) is 0 Å². The summed E-state index contributed by atoms with van der Waals surface area (Å²) in [7, 11) is 12.3. The van der Waals surface area contributed by atoms with Gasteiger partial charge in [-0.3, -0.25) is 0 Å². The van der Waals surface area contributed by atoms with Gasteiger partial charge >= 0.3 is 37.9 Å². The standard InChI is InChI=1S/C14H25NOSi.2ClH.Zr/c1-14(2,3)11-9-8-10-12(13(11)16)17(6,7)15(4)5;;;/h8-10,16H,1-7H3;2*1H;/q;;;+2/p-2. The van der Waals surface area contributed by atoms with Gasteiger partial charge in [-0.15, -0.1) is 0 Å². The molecule has 0 atom stereocenters. The molecule has 0 heterocycles. The van der Waals surface area contributed by atoms with E-state index in [0.717, 1.165) is 10.8 Å². The molecule has 1 aromatic rings. The van der Waals surface area contributed by atoms with Gasteiger partial charge < -0.3 is 9.67 Å². The van der Waals surface area contributed by atoms with Crippen molar-refractivity contribution < 1.29 is 26.0 Å². The van der Waals surface area contributed by atoms with Crippen molar-refractivity contribution in [2.75, 3.05) is 14.1 Å². The maximum atomic E-state index is 10.5. The Morgan fingerprint density at radius 3 is 1.95 bits per heavy atom. The van der Waals surface area contributed by atoms with Gasteiger partial charge in [0.2, 0.25) is 0 Å². The predicted octanol–water partition coefficient (Wildman–Crippen LogP) is 4.04. The number of aromatic hydroxyl groups is 1. The van der Waals surface area contributed by atoms with E-state index in [4.69, 9.17) is 17.0 Å². The fraction of sp³-hybridized carbons (Fsp3) is 0.571. The Morgan fingerprint density at radius 2 is 1.60 bits per heavy atom. The Bertz CT molecular complexity index is 434. The van der Waals surface area contributed by atoms with E-state index < -0.39 is 29.1 Å². The minimum absolute atomic E-state index is 0.0170. The quantitative estimate of drug-likeness (QED) is 0.740. The van der Waals surface area contributed by atoms with Gasteiger partial charge in [-0.1, -0.05) is 52.1 Å². The summed E-state index contributed by atoms with van der Waals surface area (Å²) in [6.45, 7) is 10.9. The fourth-order valence-electron chi connectivity index (χ4n) is 1.88. The first-order valence-corrected chi connectivity index (χ1v) is 15.7. The molecule has 1 aromatic carbocycles. The number of rotatable bonds is 2. The summed E-state index contributed by atoms with van der Waals surface area (Å²) in [5.74, 6) is 0.491. The van der Waals surface area contributed by atoms with E-state index in [9.17, 15) is 5.11 Å². The zero-order chi connectivity index (χ0) is 16.1. The molecule has 0 fully saturated rings. The number of nitrogens with zero attached hydrogens (tertiary/aromatic N) is 1. The van der Waals surface area contributed by atoms with Crippen LogP contribution in [-0.4, -0.2) is 32.0 Å². The Labute approximate surface area is 143 Å². The third-order valence-corrected chi connectivity index (χ3v) is 7.58. The molecular weight excluding hydrogens is 388 g/mol. The van der Waals surface area contributed by atoms with Crippen LogP contribution >= 0.6 is 17.0 Å². The second-order valence-corrected chi connectivity index (χ2v) is 14.8. The number of hydrogen-bond acceptors (Lipinski definition) is 2. The molecular formula is C14H25Cl2NOSiZr. The molecule has 0 aliphatic heterocycles. The van der Waals surface area contributed by atoms with E-state index >= 15 is 0 Å². The normalized spacial score (nSPS) is 11.9. The summed E-state index contributed by atoms with van der Waals surface area (Å²) >= 11 is -0.826. The second-order valence-electron chi connectivity index (χ2n) is 6.48. The third kappa shape index (κ3) is 5.46. The SMILES string of the molecule is CN(C)[Si](C)(C)c1cccc(C(C)(C)C)c1O.[Cl][Zr][Cl]. The van der Waals surface area contributed by atoms with Crippen LogP contribution in [0.2, 0.25) is 13.1 Å². The average molecular weight is 414 g/mol. The van der Waals surface area contributed by atoms with Crippen LogP contribution in [0.15, 0.2) is 18.2 Å². The third-order valence-electron chi connectivity index (χ3n) is 3.62. The van der Waals surface area contributed by atoms with Gasteiger partial charge in [0, 0.05) is 0 Å². The maximum absolute atomic E-state index is 10.5. The van der Waals surface area contributed by atoms with Gasteiger partial charge in [-0.25, -0.2) is 0 Å². The van der Waals surface area contributed by atoms with Crippen LogP contribution in [0, 0.1) is 0 Å². The first kappa shape index (κ1) is 20.7. The Balaban J connectivity index is 0.00000110. The van der Waals surface area contributed by atoms with Gasteiger partial charge in [-0.05, 0) is 30.3 Å². The van der Waals surface area contributed by atoms with Crippen LogP contribution in [0.1, 0.15) is 26.3 Å². The number of phenolic OH excluding ortho intramolecular Hbond substituents is 1. The summed E-state index contributed by atoms with van der Waals surface area (Å²) in [5, 5.41) is 11.6. The van der Waals surface area contributed by atoms with E-state index in [1.54, 1.807) is 0 Å². The number of halogens is 2. The molecule has 20 heavy (non-hydrogen) atoms. The van der Waals surface area contributed by atoms with Gasteiger partial charge in [0.1, 0.15) is 5.75 Å². The van der Waals surface area contributed by atoms with Crippen LogP contribution < -0.4 is 5.19 Å². The fourth-order valence-corrected chi connectivity index (χ4v) is 3.58. The molecule has 0 bridgehead atoms. The molecule has 0 radical (unpaired) electrons. The van der Waals surface area contributed by atoms with Crippen molar-refractivity contribution in [2.45, 2.75) is 39.3 Å². The number of phenols is 1. The molecule has 0 saturated carbocycles. The zero-order valence-electron chi connectivity index (χ0n) is 13.4. The molecule has 6 heteroatoms. The van der Waals surface area contributed by atoms with Crippen molar-refractivity contribution in [2.24, 2.45) is 0 Å². The molecule has 114 valence electrons. The van der Waals surface area contributed by atoms with Crippen molar-refractivity contribution in [1.82, 2.24) is 4.57 Å². The van der Waals surface area contributed by atoms with Crippen molar-refractivity contribution >= 4 is 30.4 Å². The summed E-state index contributed by atoms with van der Waals surface area (Å²) in [4.78, 5) is 0. The molecule has 0 aromatic heterocycles. The van der Waals surface area contributed by atoms with E-state index in [1.807, 2.05) is 6.07 Å². The Morgan fingerprint density at radius 1 is 1.15 bits per heavy atom. The molecule has 0 amide bonds. The first-order chi connectivity index (χ1) is 9.00. The summed E-state index contributed by atoms with van der Waals surface area (Å²) in [5.41, 5.74) is 1.02. The summed E-state index contributed by atoms with van der Waals surface area (Å²) in [6, 6.07) is 6.16. The number of hydrogen-bond donors (Lipinski definition) is 1. The van der Waals surface area contributed by atoms with Gasteiger partial charge in [-0.2, -0.15) is 0 Å². The summed E-state index contributed by atoms with van der Waals surface area (Å²) in [6.07, 6.45) is 0. The Kier molecular flexibility index (Phi) is 8.61. The first-order valence-electron chi connectivity index (χ1n) is 6.46. The molecule has 1 rings (SSSR count). The van der Waals surface area contributed by atoms with Gasteiger partial charge in [0.25, 0.3) is 0 Å². The van der Waals surface area contributed by atoms with Crippen molar-refractivity contribution in [3.63, 3.8) is 0 Å². The van der Waals surface area contributed by atoms with Crippen molar-refractivity contribution in [3.05, 3.63) is 23.8 Å². The molecule has 0 saturated heterocycles. The zero-order valence-corrected chi connectivity index (χ0v) is 18.4. The Hall–Kier alpha value is 0.660. The van der Waals surface area contributed by atoms with Crippen LogP contribution in [0.4, 0.5) is 0 Å². The van der Waals surface area contributed by atoms with E-state index in [-0.39, 0.29) is 5.41 Å². The molecule has 0 aliphatic carbocycles. The molecule has 1 N–H and O–H groups in total. The molecule has 0 spiro atoms. The predicted molar refractivity (Wildman–Crippen MR) is 89.3 cm³/mol. The molecule has 0 aliphatic rings. The van der Waals surface area contributed by atoms with E-state index in [0.29, 0.717) is 5.75 Å². The molecule has 0 unspecified atom stereocenters. The van der Waals surface area contributed by atoms with Crippen molar-refractivity contribution in [1.29, 1.82) is 0 Å². The van der Waals surface area contributed by atoms with Crippen LogP contribution in [0.3, 0.4) is 0 Å². The molecule has 2 nitrogen and oxygen atoms in total. The second kappa shape index (κ2) is 8.33. The van der Waals surface area contributed by atoms with Gasteiger partial charge in [0.15, 0.2) is 8.24 Å². The topological polar surface area (TPSA) is 23.5 Å².